The van der Waals surface area contributed by atoms with Crippen molar-refractivity contribution in [3.63, 3.8) is 0 Å². The molecule has 92 valence electrons. The molecule has 0 saturated heterocycles. The molecule has 1 heterocycles. The molecule has 1 aliphatic heterocycles. The van der Waals surface area contributed by atoms with E-state index in [-0.39, 0.29) is 0 Å². The number of nitrogens with one attached hydrogen (secondary N) is 1. The Kier molecular flexibility index (Phi) is 4.18. The fraction of sp³-hybridized carbons (Fsp3) is 0.429. The second kappa shape index (κ2) is 5.84. The topological polar surface area (TPSA) is 24.5 Å². The Balaban J connectivity index is 1.78. The van der Waals surface area contributed by atoms with Gasteiger partial charge < -0.3 is 4.74 Å². The van der Waals surface area contributed by atoms with Gasteiger partial charge in [-0.1, -0.05) is 24.3 Å². The molecule has 17 heavy (non-hydrogen) atoms. The molecule has 0 atom stereocenters. The van der Waals surface area contributed by atoms with Crippen molar-refractivity contribution in [3.05, 3.63) is 47.2 Å². The van der Waals surface area contributed by atoms with Crippen molar-refractivity contribution in [2.45, 2.75) is 26.9 Å². The summed E-state index contributed by atoms with van der Waals surface area (Å²) in [5, 5.41) is 3.27. The number of nitrogens with zero attached hydrogens (tertiary/aromatic N) is 1. The van der Waals surface area contributed by atoms with Crippen LogP contribution in [0.3, 0.4) is 0 Å². The third kappa shape index (κ3) is 3.08. The van der Waals surface area contributed by atoms with Crippen LogP contribution in [0.4, 0.5) is 0 Å². The van der Waals surface area contributed by atoms with Gasteiger partial charge in [0, 0.05) is 13.1 Å². The first-order valence-corrected chi connectivity index (χ1v) is 6.04. The van der Waals surface area contributed by atoms with E-state index in [1.807, 2.05) is 13.0 Å². The number of benzene rings is 1. The van der Waals surface area contributed by atoms with Crippen molar-refractivity contribution in [2.75, 3.05) is 13.4 Å². The zero-order valence-corrected chi connectivity index (χ0v) is 10.6. The van der Waals surface area contributed by atoms with Gasteiger partial charge in [0.1, 0.15) is 6.73 Å². The molecule has 0 aromatic heterocycles. The number of rotatable bonds is 5. The highest BCUT2D eigenvalue weighted by atomic mass is 16.5. The zero-order valence-electron chi connectivity index (χ0n) is 10.6. The van der Waals surface area contributed by atoms with E-state index in [9.17, 15) is 0 Å². The maximum Gasteiger partial charge on any atom is 0.139 e. The number of fused-ring (bicyclic) bond motifs is 1. The lowest BCUT2D eigenvalue weighted by Crippen LogP contribution is -2.31. The van der Waals surface area contributed by atoms with Crippen molar-refractivity contribution < 1.29 is 4.74 Å². The van der Waals surface area contributed by atoms with Crippen molar-refractivity contribution in [1.29, 1.82) is 0 Å². The molecule has 1 N–H and O–H groups in total. The molecule has 0 spiro atoms. The third-order valence-corrected chi connectivity index (χ3v) is 3.04. The average Bonchev–Trinajstić information content (AvgIpc) is 2.73. The highest BCUT2D eigenvalue weighted by Crippen LogP contribution is 2.24. The normalized spacial score (nSPS) is 15.4. The fourth-order valence-electron chi connectivity index (χ4n) is 2.18. The third-order valence-electron chi connectivity index (χ3n) is 3.04. The standard InChI is InChI=1S/C14H20N2O/c1-3-7-17-11-15-10-16-8-13-6-4-5-12(2)14(13)9-16/h3-7,15H,8-11H2,1-2H3/b7-3+. The van der Waals surface area contributed by atoms with Crippen molar-refractivity contribution in [2.24, 2.45) is 0 Å². The van der Waals surface area contributed by atoms with Gasteiger partial charge in [-0.2, -0.15) is 0 Å². The summed E-state index contributed by atoms with van der Waals surface area (Å²) < 4.78 is 5.23. The highest BCUT2D eigenvalue weighted by molar-refractivity contribution is 5.36. The number of hydrogen-bond donors (Lipinski definition) is 1. The highest BCUT2D eigenvalue weighted by Gasteiger charge is 2.19. The van der Waals surface area contributed by atoms with Gasteiger partial charge >= 0.3 is 0 Å². The van der Waals surface area contributed by atoms with Gasteiger partial charge in [0.05, 0.1) is 12.9 Å². The molecule has 0 fully saturated rings. The molecule has 3 nitrogen and oxygen atoms in total. The quantitative estimate of drug-likeness (QED) is 0.479. The molecule has 2 rings (SSSR count). The molecule has 0 bridgehead atoms. The van der Waals surface area contributed by atoms with Gasteiger partial charge in [-0.05, 0) is 30.5 Å². The van der Waals surface area contributed by atoms with Gasteiger partial charge in [0.25, 0.3) is 0 Å². The summed E-state index contributed by atoms with van der Waals surface area (Å²) in [5.41, 5.74) is 4.35. The minimum Gasteiger partial charge on any atom is -0.486 e. The largest absolute Gasteiger partial charge is 0.486 e. The monoisotopic (exact) mass is 232 g/mol. The second-order valence-corrected chi connectivity index (χ2v) is 4.39. The Labute approximate surface area is 103 Å². The Hall–Kier alpha value is -1.32. The van der Waals surface area contributed by atoms with Gasteiger partial charge in [-0.25, -0.2) is 0 Å². The summed E-state index contributed by atoms with van der Waals surface area (Å²) >= 11 is 0. The van der Waals surface area contributed by atoms with E-state index in [1.165, 1.54) is 16.7 Å². The van der Waals surface area contributed by atoms with Crippen molar-refractivity contribution in [3.8, 4) is 0 Å². The summed E-state index contributed by atoms with van der Waals surface area (Å²) in [5.74, 6) is 0. The summed E-state index contributed by atoms with van der Waals surface area (Å²) in [6.07, 6.45) is 3.59. The zero-order chi connectivity index (χ0) is 12.1. The molecular formula is C14H20N2O. The molecule has 1 aliphatic rings. The van der Waals surface area contributed by atoms with E-state index in [2.05, 4.69) is 35.3 Å². The van der Waals surface area contributed by atoms with Gasteiger partial charge in [-0.15, -0.1) is 0 Å². The first-order chi connectivity index (χ1) is 8.31. The van der Waals surface area contributed by atoms with Crippen LogP contribution in [0.1, 0.15) is 23.6 Å². The molecule has 3 heteroatoms. The Morgan fingerprint density at radius 3 is 3.06 bits per heavy atom. The minimum atomic E-state index is 0.566. The Morgan fingerprint density at radius 2 is 2.29 bits per heavy atom. The predicted molar refractivity (Wildman–Crippen MR) is 69.2 cm³/mol. The summed E-state index contributed by atoms with van der Waals surface area (Å²) in [6.45, 7) is 7.64. The average molecular weight is 232 g/mol. The van der Waals surface area contributed by atoms with E-state index in [1.54, 1.807) is 6.26 Å². The molecule has 0 radical (unpaired) electrons. The van der Waals surface area contributed by atoms with Crippen LogP contribution in [0.2, 0.25) is 0 Å². The van der Waals surface area contributed by atoms with Crippen LogP contribution >= 0.6 is 0 Å². The maximum absolute atomic E-state index is 5.23. The Bertz CT molecular complexity index is 401. The molecule has 0 saturated carbocycles. The molecule has 0 unspecified atom stereocenters. The first-order valence-electron chi connectivity index (χ1n) is 6.04. The van der Waals surface area contributed by atoms with Crippen LogP contribution in [0.25, 0.3) is 0 Å². The molecular weight excluding hydrogens is 212 g/mol. The fourth-order valence-corrected chi connectivity index (χ4v) is 2.18. The van der Waals surface area contributed by atoms with Crippen LogP contribution in [0.5, 0.6) is 0 Å². The van der Waals surface area contributed by atoms with Crippen LogP contribution in [-0.2, 0) is 17.8 Å². The first kappa shape index (κ1) is 12.1. The van der Waals surface area contributed by atoms with E-state index >= 15 is 0 Å². The number of aryl methyl sites for hydroxylation is 1. The smallest absolute Gasteiger partial charge is 0.139 e. The summed E-state index contributed by atoms with van der Waals surface area (Å²) in [6, 6.07) is 6.55. The van der Waals surface area contributed by atoms with Crippen LogP contribution in [-0.4, -0.2) is 18.3 Å². The second-order valence-electron chi connectivity index (χ2n) is 4.39. The number of allylic oxidation sites excluding steroid dienone is 1. The van der Waals surface area contributed by atoms with Crippen LogP contribution in [0.15, 0.2) is 30.5 Å². The minimum absolute atomic E-state index is 0.566. The van der Waals surface area contributed by atoms with Gasteiger partial charge in [0.15, 0.2) is 0 Å². The summed E-state index contributed by atoms with van der Waals surface area (Å²) in [4.78, 5) is 2.39. The van der Waals surface area contributed by atoms with Crippen molar-refractivity contribution in [1.82, 2.24) is 10.2 Å². The van der Waals surface area contributed by atoms with Crippen LogP contribution < -0.4 is 5.32 Å². The van der Waals surface area contributed by atoms with E-state index in [0.29, 0.717) is 6.73 Å². The molecule has 1 aromatic rings. The predicted octanol–water partition coefficient (Wildman–Crippen LogP) is 2.37. The van der Waals surface area contributed by atoms with Crippen molar-refractivity contribution >= 4 is 0 Å². The van der Waals surface area contributed by atoms with E-state index in [4.69, 9.17) is 4.74 Å². The van der Waals surface area contributed by atoms with Crippen LogP contribution in [0, 0.1) is 6.92 Å². The van der Waals surface area contributed by atoms with E-state index in [0.717, 1.165) is 19.8 Å². The van der Waals surface area contributed by atoms with E-state index < -0.39 is 0 Å². The maximum atomic E-state index is 5.23. The van der Waals surface area contributed by atoms with Gasteiger partial charge in [-0.3, -0.25) is 10.2 Å². The Morgan fingerprint density at radius 1 is 1.41 bits per heavy atom. The SMILES string of the molecule is C/C=C/OCNCN1Cc2cccc(C)c2C1. The lowest BCUT2D eigenvalue weighted by Gasteiger charge is -2.15. The lowest BCUT2D eigenvalue weighted by atomic mass is 10.1. The number of ether oxygens (including phenoxy) is 1. The molecule has 1 aromatic carbocycles. The van der Waals surface area contributed by atoms with Gasteiger partial charge in [0.2, 0.25) is 0 Å². The molecule has 0 aliphatic carbocycles. The summed E-state index contributed by atoms with van der Waals surface area (Å²) in [7, 11) is 0. The lowest BCUT2D eigenvalue weighted by molar-refractivity contribution is 0.176. The number of hydrogen-bond acceptors (Lipinski definition) is 3. The molecule has 0 amide bonds.